The van der Waals surface area contributed by atoms with Crippen molar-refractivity contribution in [2.45, 2.75) is 13.8 Å². The Hall–Kier alpha value is -3.42. The van der Waals surface area contributed by atoms with Crippen molar-refractivity contribution in [3.8, 4) is 11.5 Å². The molecule has 2 amide bonds. The van der Waals surface area contributed by atoms with Crippen LogP contribution in [0.1, 0.15) is 27.7 Å². The fourth-order valence-corrected chi connectivity index (χ4v) is 4.60. The maximum Gasteiger partial charge on any atom is 0.331 e. The number of rotatable bonds is 5. The summed E-state index contributed by atoms with van der Waals surface area (Å²) in [7, 11) is 0. The van der Waals surface area contributed by atoms with E-state index in [0.29, 0.717) is 33.4 Å². The summed E-state index contributed by atoms with van der Waals surface area (Å²) in [5.74, 6) is 1.38. The van der Waals surface area contributed by atoms with Gasteiger partial charge >= 0.3 is 6.03 Å². The monoisotopic (exact) mass is 451 g/mol. The van der Waals surface area contributed by atoms with Gasteiger partial charge in [-0.2, -0.15) is 0 Å². The minimum atomic E-state index is -0.654. The number of halogens is 1. The number of nitrogens with one attached hydrogen (secondary N) is 1. The van der Waals surface area contributed by atoms with Gasteiger partial charge in [0, 0.05) is 0 Å². The molecule has 6 nitrogen and oxygen atoms in total. The van der Waals surface area contributed by atoms with E-state index in [2.05, 4.69) is 17.0 Å². The number of carbonyl (C=O) groups excluding carboxylic acids is 2. The number of nitrogens with zero attached hydrogens (tertiary/aromatic N) is 2. The fourth-order valence-electron chi connectivity index (χ4n) is 3.49. The second-order valence-electron chi connectivity index (χ2n) is 6.72. The lowest BCUT2D eigenvalue weighted by Crippen LogP contribution is -2.38. The largest absolute Gasteiger partial charge is 0.457 e. The van der Waals surface area contributed by atoms with Gasteiger partial charge in [0.15, 0.2) is 0 Å². The predicted molar refractivity (Wildman–Crippen MR) is 127 cm³/mol. The van der Waals surface area contributed by atoms with Crippen LogP contribution in [0.2, 0.25) is 0 Å². The first-order valence-electron chi connectivity index (χ1n) is 9.39. The Morgan fingerprint density at radius 1 is 1.23 bits per heavy atom. The molecule has 1 N–H and O–H groups in total. The van der Waals surface area contributed by atoms with Gasteiger partial charge in [0.25, 0.3) is 5.24 Å². The highest BCUT2D eigenvalue weighted by atomic mass is 35.5. The van der Waals surface area contributed by atoms with Gasteiger partial charge in [0.1, 0.15) is 21.4 Å². The molecule has 31 heavy (non-hydrogen) atoms. The van der Waals surface area contributed by atoms with Gasteiger partial charge in [0.2, 0.25) is 0 Å². The van der Waals surface area contributed by atoms with Crippen LogP contribution in [0.5, 0.6) is 11.5 Å². The number of allylic oxidation sites excluding steroid dienone is 1. The zero-order valence-corrected chi connectivity index (χ0v) is 18.4. The van der Waals surface area contributed by atoms with Crippen LogP contribution in [0.3, 0.4) is 0 Å². The van der Waals surface area contributed by atoms with Crippen molar-refractivity contribution >= 4 is 63.0 Å². The van der Waals surface area contributed by atoms with E-state index in [1.807, 2.05) is 56.3 Å². The molecule has 0 aliphatic carbocycles. The normalized spacial score (nSPS) is 14.2. The standard InChI is InChI=1S/C23H18ClN3O3S/c1-4-16-18-19(20(21(24)28)31-22(18)25-3)26-23(29)27(16)17-11-10-15(12-13(17)2)30-14-8-6-5-7-9-14/h4-12H,3H2,1-2H3,(H,26,29)/b16-4+. The van der Waals surface area contributed by atoms with E-state index < -0.39 is 11.3 Å². The van der Waals surface area contributed by atoms with Crippen LogP contribution < -0.4 is 15.0 Å². The summed E-state index contributed by atoms with van der Waals surface area (Å²) in [6.45, 7) is 7.32. The summed E-state index contributed by atoms with van der Waals surface area (Å²) in [6, 6.07) is 14.6. The molecule has 156 valence electrons. The van der Waals surface area contributed by atoms with Crippen molar-refractivity contribution in [2.24, 2.45) is 4.99 Å². The van der Waals surface area contributed by atoms with Crippen LogP contribution in [-0.2, 0) is 0 Å². The second-order valence-corrected chi connectivity index (χ2v) is 8.06. The van der Waals surface area contributed by atoms with Crippen LogP contribution in [-0.4, -0.2) is 18.0 Å². The number of aliphatic imine (C=N–C) groups is 1. The molecule has 0 fully saturated rings. The molecule has 0 unspecified atom stereocenters. The molecule has 0 radical (unpaired) electrons. The van der Waals surface area contributed by atoms with Gasteiger partial charge in [0.05, 0.1) is 22.6 Å². The molecule has 2 aromatic carbocycles. The van der Waals surface area contributed by atoms with E-state index in [9.17, 15) is 9.59 Å². The first-order chi connectivity index (χ1) is 14.9. The number of hydrogen-bond donors (Lipinski definition) is 1. The first kappa shape index (κ1) is 20.8. The molecule has 0 saturated heterocycles. The molecule has 2 heterocycles. The van der Waals surface area contributed by atoms with Gasteiger partial charge in [-0.1, -0.05) is 24.3 Å². The Morgan fingerprint density at radius 2 is 1.97 bits per heavy atom. The molecule has 0 atom stereocenters. The molecule has 0 bridgehead atoms. The van der Waals surface area contributed by atoms with Crippen LogP contribution in [0.4, 0.5) is 21.2 Å². The molecule has 1 aliphatic rings. The third kappa shape index (κ3) is 3.73. The summed E-state index contributed by atoms with van der Waals surface area (Å²) in [4.78, 5) is 30.8. The summed E-state index contributed by atoms with van der Waals surface area (Å²) in [5.41, 5.74) is 3.10. The fraction of sp³-hybridized carbons (Fsp3) is 0.0870. The number of carbonyl (C=O) groups is 2. The Labute approximate surface area is 188 Å². The van der Waals surface area contributed by atoms with Crippen LogP contribution in [0.25, 0.3) is 5.70 Å². The average molecular weight is 452 g/mol. The van der Waals surface area contributed by atoms with Crippen molar-refractivity contribution in [2.75, 3.05) is 10.2 Å². The SMILES string of the molecule is C=Nc1sc(C(=O)Cl)c2c1/C(=C\C)N(c1ccc(Oc3ccccc3)cc1C)C(=O)N2. The van der Waals surface area contributed by atoms with Crippen molar-refractivity contribution in [3.63, 3.8) is 0 Å². The molecule has 0 spiro atoms. The number of hydrogen-bond acceptors (Lipinski definition) is 5. The highest BCUT2D eigenvalue weighted by Gasteiger charge is 2.36. The summed E-state index contributed by atoms with van der Waals surface area (Å²) < 4.78 is 5.90. The molecule has 1 aliphatic heterocycles. The number of fused-ring (bicyclic) bond motifs is 1. The Kier molecular flexibility index (Phi) is 5.63. The second kappa shape index (κ2) is 8.37. The molecular weight excluding hydrogens is 434 g/mol. The lowest BCUT2D eigenvalue weighted by molar-refractivity contribution is 0.108. The van der Waals surface area contributed by atoms with Crippen LogP contribution in [0, 0.1) is 6.92 Å². The van der Waals surface area contributed by atoms with Crippen LogP contribution >= 0.6 is 22.9 Å². The van der Waals surface area contributed by atoms with E-state index in [1.165, 1.54) is 0 Å². The summed E-state index contributed by atoms with van der Waals surface area (Å²) in [6.07, 6.45) is 1.80. The molecule has 4 rings (SSSR count). The van der Waals surface area contributed by atoms with Crippen molar-refractivity contribution in [1.29, 1.82) is 0 Å². The third-order valence-corrected chi connectivity index (χ3v) is 6.23. The summed E-state index contributed by atoms with van der Waals surface area (Å²) in [5, 5.41) is 2.65. The minimum absolute atomic E-state index is 0.231. The highest BCUT2D eigenvalue weighted by molar-refractivity contribution is 7.20. The molecule has 0 saturated carbocycles. The molecule has 1 aromatic heterocycles. The number of urea groups is 1. The lowest BCUT2D eigenvalue weighted by atomic mass is 10.1. The lowest BCUT2D eigenvalue weighted by Gasteiger charge is -2.32. The Morgan fingerprint density at radius 3 is 2.58 bits per heavy atom. The Bertz CT molecular complexity index is 1230. The number of aryl methyl sites for hydroxylation is 1. The number of para-hydroxylation sites is 1. The molecule has 8 heteroatoms. The first-order valence-corrected chi connectivity index (χ1v) is 10.6. The number of amides is 2. The number of ether oxygens (including phenoxy) is 1. The van der Waals surface area contributed by atoms with Gasteiger partial charge < -0.3 is 10.1 Å². The van der Waals surface area contributed by atoms with E-state index in [0.717, 1.165) is 22.6 Å². The van der Waals surface area contributed by atoms with Gasteiger partial charge in [-0.25, -0.2) is 4.79 Å². The number of benzene rings is 2. The van der Waals surface area contributed by atoms with Gasteiger partial charge in [-0.3, -0.25) is 14.7 Å². The number of thiophene rings is 1. The highest BCUT2D eigenvalue weighted by Crippen LogP contribution is 2.49. The Balaban J connectivity index is 1.76. The zero-order valence-electron chi connectivity index (χ0n) is 16.8. The smallest absolute Gasteiger partial charge is 0.331 e. The van der Waals surface area contributed by atoms with Crippen molar-refractivity contribution in [1.82, 2.24) is 0 Å². The minimum Gasteiger partial charge on any atom is -0.457 e. The molecular formula is C23H18ClN3O3S. The van der Waals surface area contributed by atoms with Gasteiger partial charge in [-0.05, 0) is 68.1 Å². The quantitative estimate of drug-likeness (QED) is 0.336. The van der Waals surface area contributed by atoms with Crippen molar-refractivity contribution < 1.29 is 14.3 Å². The maximum absolute atomic E-state index is 13.1. The summed E-state index contributed by atoms with van der Waals surface area (Å²) >= 11 is 6.82. The van der Waals surface area contributed by atoms with Crippen molar-refractivity contribution in [3.05, 3.63) is 70.6 Å². The maximum atomic E-state index is 13.1. The van der Waals surface area contributed by atoms with E-state index in [1.54, 1.807) is 17.0 Å². The van der Waals surface area contributed by atoms with Gasteiger partial charge in [-0.15, -0.1) is 11.3 Å². The predicted octanol–water partition coefficient (Wildman–Crippen LogP) is 6.97. The van der Waals surface area contributed by atoms with Crippen LogP contribution in [0.15, 0.2) is 59.6 Å². The molecule has 3 aromatic rings. The number of anilines is 2. The third-order valence-electron chi connectivity index (χ3n) is 4.81. The topological polar surface area (TPSA) is 71.0 Å². The average Bonchev–Trinajstić information content (AvgIpc) is 3.12. The zero-order chi connectivity index (χ0) is 22.1. The van der Waals surface area contributed by atoms with E-state index >= 15 is 0 Å². The van der Waals surface area contributed by atoms with E-state index in [-0.39, 0.29) is 4.88 Å². The van der Waals surface area contributed by atoms with E-state index in [4.69, 9.17) is 16.3 Å².